The van der Waals surface area contributed by atoms with Crippen LogP contribution in [-0.2, 0) is 4.79 Å². The summed E-state index contributed by atoms with van der Waals surface area (Å²) in [5, 5.41) is 9.25. The van der Waals surface area contributed by atoms with Crippen molar-refractivity contribution in [1.82, 2.24) is 14.4 Å². The van der Waals surface area contributed by atoms with E-state index in [1.807, 2.05) is 29.5 Å². The van der Waals surface area contributed by atoms with Gasteiger partial charge >= 0.3 is 5.97 Å². The molecule has 6 heteroatoms. The van der Waals surface area contributed by atoms with Crippen molar-refractivity contribution in [3.8, 4) is 0 Å². The summed E-state index contributed by atoms with van der Waals surface area (Å²) < 4.78 is 1.98. The van der Waals surface area contributed by atoms with Crippen LogP contribution in [-0.4, -0.2) is 25.4 Å². The highest BCUT2D eigenvalue weighted by atomic mass is 16.4. The lowest BCUT2D eigenvalue weighted by atomic mass is 9.89. The molecule has 1 aromatic carbocycles. The Hall–Kier alpha value is -2.89. The second kappa shape index (κ2) is 7.02. The molecule has 0 aliphatic heterocycles. The lowest BCUT2D eigenvalue weighted by Gasteiger charge is -2.21. The molecule has 0 amide bonds. The largest absolute Gasteiger partial charge is 0.478 e. The maximum Gasteiger partial charge on any atom is 0.331 e. The first-order valence-corrected chi connectivity index (χ1v) is 9.55. The zero-order chi connectivity index (χ0) is 19.0. The van der Waals surface area contributed by atoms with Gasteiger partial charge < -0.3 is 10.1 Å². The van der Waals surface area contributed by atoms with Crippen LogP contribution in [0, 0.1) is 0 Å². The van der Waals surface area contributed by atoms with Gasteiger partial charge in [-0.1, -0.05) is 32.3 Å². The van der Waals surface area contributed by atoms with Gasteiger partial charge in [0, 0.05) is 11.5 Å². The number of nitrogens with zero attached hydrogens (tertiary/aromatic N) is 2. The maximum absolute atomic E-state index is 12.6. The van der Waals surface area contributed by atoms with Gasteiger partial charge in [0.25, 0.3) is 5.56 Å². The minimum Gasteiger partial charge on any atom is -0.478 e. The quantitative estimate of drug-likeness (QED) is 0.681. The monoisotopic (exact) mass is 365 g/mol. The number of hydrogen-bond acceptors (Lipinski definition) is 3. The molecule has 1 aliphatic rings. The molecular weight excluding hydrogens is 342 g/mol. The number of imidazole rings is 1. The Morgan fingerprint density at radius 3 is 2.78 bits per heavy atom. The van der Waals surface area contributed by atoms with Crippen molar-refractivity contribution in [2.24, 2.45) is 0 Å². The average Bonchev–Trinajstić information content (AvgIpc) is 3.12. The maximum atomic E-state index is 12.6. The Kier molecular flexibility index (Phi) is 4.56. The summed E-state index contributed by atoms with van der Waals surface area (Å²) >= 11 is 0. The molecule has 3 aromatic rings. The first-order valence-electron chi connectivity index (χ1n) is 9.55. The molecule has 0 bridgehead atoms. The van der Waals surface area contributed by atoms with Crippen LogP contribution in [0.4, 0.5) is 0 Å². The second-order valence-corrected chi connectivity index (χ2v) is 7.23. The topological polar surface area (TPSA) is 87.5 Å². The van der Waals surface area contributed by atoms with Crippen molar-refractivity contribution in [3.05, 3.63) is 51.7 Å². The fraction of sp³-hybridized carbons (Fsp3) is 0.381. The predicted molar refractivity (Wildman–Crippen MR) is 105 cm³/mol. The van der Waals surface area contributed by atoms with Gasteiger partial charge in [0.15, 0.2) is 0 Å². The summed E-state index contributed by atoms with van der Waals surface area (Å²) in [6.45, 7) is 1.81. The second-order valence-electron chi connectivity index (χ2n) is 7.23. The van der Waals surface area contributed by atoms with Crippen LogP contribution in [0.15, 0.2) is 34.8 Å². The van der Waals surface area contributed by atoms with Crippen LogP contribution in [0.1, 0.15) is 62.8 Å². The molecule has 0 unspecified atom stereocenters. The lowest BCUT2D eigenvalue weighted by molar-refractivity contribution is -0.132. The predicted octanol–water partition coefficient (Wildman–Crippen LogP) is 4.10. The summed E-state index contributed by atoms with van der Waals surface area (Å²) in [7, 11) is 0. The Bertz CT molecular complexity index is 1100. The van der Waals surface area contributed by atoms with Crippen molar-refractivity contribution in [1.29, 1.82) is 0 Å². The van der Waals surface area contributed by atoms with Crippen LogP contribution in [0.2, 0.25) is 0 Å². The summed E-state index contributed by atoms with van der Waals surface area (Å²) in [5.74, 6) is 0.420. The number of benzene rings is 1. The third-order valence-corrected chi connectivity index (χ3v) is 5.50. The summed E-state index contributed by atoms with van der Waals surface area (Å²) in [5.41, 5.74) is 3.07. The van der Waals surface area contributed by atoms with E-state index in [0.29, 0.717) is 28.9 Å². The molecule has 0 spiro atoms. The van der Waals surface area contributed by atoms with Gasteiger partial charge in [-0.05, 0) is 43.0 Å². The molecule has 0 radical (unpaired) electrons. The minimum atomic E-state index is -0.921. The number of hydrogen-bond donors (Lipinski definition) is 2. The number of carbonyl (C=O) groups is 1. The van der Waals surface area contributed by atoms with E-state index in [0.717, 1.165) is 29.7 Å². The van der Waals surface area contributed by atoms with Crippen LogP contribution >= 0.6 is 0 Å². The van der Waals surface area contributed by atoms with Crippen LogP contribution < -0.4 is 5.56 Å². The molecule has 1 aliphatic carbocycles. The molecule has 0 atom stereocenters. The van der Waals surface area contributed by atoms with E-state index in [1.165, 1.54) is 19.3 Å². The Labute approximate surface area is 156 Å². The Morgan fingerprint density at radius 2 is 2.07 bits per heavy atom. The molecule has 2 N–H and O–H groups in total. The van der Waals surface area contributed by atoms with E-state index in [2.05, 4.69) is 9.97 Å². The van der Waals surface area contributed by atoms with Gasteiger partial charge in [-0.25, -0.2) is 9.78 Å². The van der Waals surface area contributed by atoms with Crippen LogP contribution in [0.5, 0.6) is 0 Å². The highest BCUT2D eigenvalue weighted by molar-refractivity contribution is 5.93. The van der Waals surface area contributed by atoms with E-state index in [4.69, 9.17) is 0 Å². The van der Waals surface area contributed by atoms with E-state index < -0.39 is 5.97 Å². The molecule has 4 rings (SSSR count). The lowest BCUT2D eigenvalue weighted by Crippen LogP contribution is -2.14. The molecule has 140 valence electrons. The highest BCUT2D eigenvalue weighted by Gasteiger charge is 2.22. The van der Waals surface area contributed by atoms with Gasteiger partial charge in [0.2, 0.25) is 0 Å². The van der Waals surface area contributed by atoms with Crippen molar-refractivity contribution in [2.75, 3.05) is 0 Å². The summed E-state index contributed by atoms with van der Waals surface area (Å²) in [6.07, 6.45) is 9.63. The van der Waals surface area contributed by atoms with Crippen LogP contribution in [0.25, 0.3) is 22.6 Å². The molecule has 27 heavy (non-hydrogen) atoms. The number of aromatic amines is 1. The fourth-order valence-corrected chi connectivity index (χ4v) is 4.07. The third kappa shape index (κ3) is 3.16. The number of nitrogens with one attached hydrogen (secondary N) is 1. The molecule has 2 aromatic heterocycles. The summed E-state index contributed by atoms with van der Waals surface area (Å²) in [6, 6.07) is 5.66. The normalized spacial score (nSPS) is 16.3. The average molecular weight is 365 g/mol. The van der Waals surface area contributed by atoms with Gasteiger partial charge in [-0.15, -0.1) is 0 Å². The number of carboxylic acids is 1. The molecule has 0 saturated heterocycles. The zero-order valence-electron chi connectivity index (χ0n) is 15.4. The number of H-pyrrole nitrogens is 1. The Morgan fingerprint density at radius 1 is 1.30 bits per heavy atom. The first-order chi connectivity index (χ1) is 13.1. The van der Waals surface area contributed by atoms with E-state index >= 15 is 0 Å². The Balaban J connectivity index is 1.89. The van der Waals surface area contributed by atoms with Gasteiger partial charge in [-0.2, -0.15) is 0 Å². The first kappa shape index (κ1) is 17.5. The number of fused-ring (bicyclic) bond motifs is 3. The fourth-order valence-electron chi connectivity index (χ4n) is 4.07. The minimum absolute atomic E-state index is 0.174. The third-order valence-electron chi connectivity index (χ3n) is 5.50. The smallest absolute Gasteiger partial charge is 0.331 e. The molecule has 6 nitrogen and oxygen atoms in total. The van der Waals surface area contributed by atoms with Crippen molar-refractivity contribution < 1.29 is 9.90 Å². The summed E-state index contributed by atoms with van der Waals surface area (Å²) in [4.78, 5) is 31.3. The van der Waals surface area contributed by atoms with Crippen molar-refractivity contribution in [2.45, 2.75) is 51.4 Å². The zero-order valence-corrected chi connectivity index (χ0v) is 15.4. The number of aromatic nitrogens is 3. The molecule has 1 fully saturated rings. The SMILES string of the molecule is CCC(=Cc1ccc2c(c1)[nH]c(=O)c1cnc(C3CCCCC3)n12)C(=O)O. The number of carboxylic acid groups (broad SMARTS) is 1. The molecule has 2 heterocycles. The van der Waals surface area contributed by atoms with Crippen LogP contribution in [0.3, 0.4) is 0 Å². The van der Waals surface area contributed by atoms with E-state index in [1.54, 1.807) is 12.3 Å². The number of aliphatic carboxylic acids is 1. The highest BCUT2D eigenvalue weighted by Crippen LogP contribution is 2.33. The van der Waals surface area contributed by atoms with E-state index in [9.17, 15) is 14.7 Å². The molecule has 1 saturated carbocycles. The van der Waals surface area contributed by atoms with Gasteiger partial charge in [0.05, 0.1) is 17.2 Å². The molecular formula is C21H23N3O3. The van der Waals surface area contributed by atoms with E-state index in [-0.39, 0.29) is 5.56 Å². The van der Waals surface area contributed by atoms with Crippen molar-refractivity contribution in [3.63, 3.8) is 0 Å². The van der Waals surface area contributed by atoms with Gasteiger partial charge in [-0.3, -0.25) is 9.20 Å². The van der Waals surface area contributed by atoms with Crippen molar-refractivity contribution >= 4 is 28.6 Å². The van der Waals surface area contributed by atoms with Gasteiger partial charge in [0.1, 0.15) is 11.3 Å². The standard InChI is InChI=1S/C21H23N3O3/c1-2-14(21(26)27)10-13-8-9-17-16(11-13)23-20(25)18-12-22-19(24(17)18)15-6-4-3-5-7-15/h8-12,15H,2-7H2,1H3,(H,23,25)(H,26,27). The number of rotatable bonds is 4.